The normalized spacial score (nSPS) is 15.8. The molecule has 0 bridgehead atoms. The van der Waals surface area contributed by atoms with Crippen LogP contribution in [0.25, 0.3) is 0 Å². The number of rotatable bonds is 6. The fourth-order valence-corrected chi connectivity index (χ4v) is 4.67. The maximum Gasteiger partial charge on any atom is 0.270 e. The minimum Gasteiger partial charge on any atom is -0.379 e. The summed E-state index contributed by atoms with van der Waals surface area (Å²) >= 11 is 0. The van der Waals surface area contributed by atoms with E-state index < -0.39 is 14.9 Å². The highest BCUT2D eigenvalue weighted by Gasteiger charge is 2.30. The second-order valence-electron chi connectivity index (χ2n) is 8.20. The van der Waals surface area contributed by atoms with Crippen molar-refractivity contribution in [2.45, 2.75) is 31.1 Å². The van der Waals surface area contributed by atoms with E-state index in [-0.39, 0.29) is 48.0 Å². The number of sulfonamides is 1. The van der Waals surface area contributed by atoms with Crippen molar-refractivity contribution in [3.05, 3.63) is 63.7 Å². The molecule has 0 spiro atoms. The Morgan fingerprint density at radius 1 is 1.13 bits per heavy atom. The summed E-state index contributed by atoms with van der Waals surface area (Å²) in [6.07, 6.45) is 1.57. The number of ether oxygens (including phenoxy) is 1. The number of morpholine rings is 1. The van der Waals surface area contributed by atoms with Crippen molar-refractivity contribution in [1.82, 2.24) is 4.31 Å². The largest absolute Gasteiger partial charge is 0.379 e. The van der Waals surface area contributed by atoms with Gasteiger partial charge in [-0.3, -0.25) is 15.5 Å². The van der Waals surface area contributed by atoms with Gasteiger partial charge in [-0.2, -0.15) is 9.41 Å². The molecule has 2 aromatic carbocycles. The van der Waals surface area contributed by atoms with E-state index in [1.807, 2.05) is 24.3 Å². The Hall–Kier alpha value is -2.82. The zero-order valence-electron chi connectivity index (χ0n) is 17.7. The summed E-state index contributed by atoms with van der Waals surface area (Å²) in [5.74, 6) is 0. The summed E-state index contributed by atoms with van der Waals surface area (Å²) in [6, 6.07) is 11.5. The Bertz CT molecular complexity index is 1070. The molecule has 0 amide bonds. The van der Waals surface area contributed by atoms with E-state index in [4.69, 9.17) is 4.74 Å². The van der Waals surface area contributed by atoms with Crippen LogP contribution in [-0.2, 0) is 20.2 Å². The van der Waals surface area contributed by atoms with Gasteiger partial charge in [0.25, 0.3) is 5.69 Å². The monoisotopic (exact) mass is 446 g/mol. The van der Waals surface area contributed by atoms with E-state index in [1.165, 1.54) is 22.0 Å². The molecule has 0 atom stereocenters. The Kier molecular flexibility index (Phi) is 6.73. The van der Waals surface area contributed by atoms with Crippen molar-refractivity contribution >= 4 is 27.6 Å². The zero-order valence-corrected chi connectivity index (χ0v) is 18.6. The van der Waals surface area contributed by atoms with Crippen molar-refractivity contribution in [1.29, 1.82) is 0 Å². The van der Waals surface area contributed by atoms with Crippen molar-refractivity contribution in [3.8, 4) is 0 Å². The number of hydrogen-bond acceptors (Lipinski definition) is 7. The Morgan fingerprint density at radius 3 is 2.35 bits per heavy atom. The molecule has 0 unspecified atom stereocenters. The third-order valence-electron chi connectivity index (χ3n) is 4.94. The minimum atomic E-state index is -3.95. The van der Waals surface area contributed by atoms with Crippen LogP contribution in [0, 0.1) is 10.1 Å². The van der Waals surface area contributed by atoms with Gasteiger partial charge in [0.1, 0.15) is 4.90 Å². The zero-order chi connectivity index (χ0) is 22.6. The average molecular weight is 447 g/mol. The third-order valence-corrected chi connectivity index (χ3v) is 6.88. The summed E-state index contributed by atoms with van der Waals surface area (Å²) in [5, 5.41) is 15.3. The first-order valence-electron chi connectivity index (χ1n) is 9.85. The second-order valence-corrected chi connectivity index (χ2v) is 10.1. The molecule has 0 radical (unpaired) electrons. The Morgan fingerprint density at radius 2 is 1.77 bits per heavy atom. The van der Waals surface area contributed by atoms with Gasteiger partial charge in [-0.15, -0.1) is 0 Å². The first-order valence-corrected chi connectivity index (χ1v) is 11.3. The number of anilines is 1. The van der Waals surface area contributed by atoms with Crippen LogP contribution in [0.5, 0.6) is 0 Å². The van der Waals surface area contributed by atoms with E-state index in [0.29, 0.717) is 0 Å². The summed E-state index contributed by atoms with van der Waals surface area (Å²) in [7, 11) is -3.95. The number of non-ortho nitro benzene ring substituents is 1. The molecular formula is C21H26N4O5S. The SMILES string of the molecule is CC(C)(C)c1ccc(/C=N/Nc2ccc([N+](=O)[O-])cc2S(=O)(=O)N2CCOCC2)cc1. The number of nitro benzene ring substituents is 1. The van der Waals surface area contributed by atoms with E-state index in [2.05, 4.69) is 31.3 Å². The number of hydrogen-bond donors (Lipinski definition) is 1. The lowest BCUT2D eigenvalue weighted by Crippen LogP contribution is -2.40. The molecule has 3 rings (SSSR count). The number of benzene rings is 2. The van der Waals surface area contributed by atoms with Gasteiger partial charge in [-0.05, 0) is 22.6 Å². The number of nitro groups is 1. The summed E-state index contributed by atoms with van der Waals surface area (Å²) in [4.78, 5) is 10.4. The molecule has 1 heterocycles. The number of nitrogens with one attached hydrogen (secondary N) is 1. The molecule has 0 aromatic heterocycles. The van der Waals surface area contributed by atoms with Crippen LogP contribution < -0.4 is 5.43 Å². The number of nitrogens with zero attached hydrogens (tertiary/aromatic N) is 3. The maximum absolute atomic E-state index is 13.1. The molecule has 1 aliphatic rings. The molecule has 2 aromatic rings. The van der Waals surface area contributed by atoms with Crippen LogP contribution in [-0.4, -0.2) is 50.2 Å². The lowest BCUT2D eigenvalue weighted by Gasteiger charge is -2.26. The number of hydrazone groups is 1. The van der Waals surface area contributed by atoms with Crippen LogP contribution in [0.2, 0.25) is 0 Å². The standard InChI is InChI=1S/C21H26N4O5S/c1-21(2,3)17-6-4-16(5-7-17)15-22-23-19-9-8-18(25(26)27)14-20(19)31(28,29)24-10-12-30-13-11-24/h4-9,14-15,23H,10-13H2,1-3H3/b22-15+. The summed E-state index contributed by atoms with van der Waals surface area (Å²) in [5.41, 5.74) is 4.65. The topological polar surface area (TPSA) is 114 Å². The van der Waals surface area contributed by atoms with E-state index in [1.54, 1.807) is 6.21 Å². The molecule has 166 valence electrons. The van der Waals surface area contributed by atoms with Crippen molar-refractivity contribution in [3.63, 3.8) is 0 Å². The maximum atomic E-state index is 13.1. The molecule has 0 aliphatic carbocycles. The summed E-state index contributed by atoms with van der Waals surface area (Å²) < 4.78 is 32.7. The van der Waals surface area contributed by atoms with E-state index in [9.17, 15) is 18.5 Å². The molecule has 10 heteroatoms. The molecule has 0 saturated carbocycles. The molecule has 9 nitrogen and oxygen atoms in total. The lowest BCUT2D eigenvalue weighted by atomic mass is 9.87. The minimum absolute atomic E-state index is 0.0371. The lowest BCUT2D eigenvalue weighted by molar-refractivity contribution is -0.385. The highest BCUT2D eigenvalue weighted by atomic mass is 32.2. The van der Waals surface area contributed by atoms with E-state index in [0.717, 1.165) is 11.6 Å². The van der Waals surface area contributed by atoms with Gasteiger partial charge in [-0.1, -0.05) is 45.0 Å². The average Bonchev–Trinajstić information content (AvgIpc) is 2.74. The predicted octanol–water partition coefficient (Wildman–Crippen LogP) is 3.36. The molecule has 1 saturated heterocycles. The highest BCUT2D eigenvalue weighted by Crippen LogP contribution is 2.29. The first-order chi connectivity index (χ1) is 14.6. The smallest absolute Gasteiger partial charge is 0.270 e. The van der Waals surface area contributed by atoms with Gasteiger partial charge in [-0.25, -0.2) is 8.42 Å². The highest BCUT2D eigenvalue weighted by molar-refractivity contribution is 7.89. The third kappa shape index (κ3) is 5.46. The van der Waals surface area contributed by atoms with Gasteiger partial charge in [0.15, 0.2) is 0 Å². The van der Waals surface area contributed by atoms with Gasteiger partial charge >= 0.3 is 0 Å². The van der Waals surface area contributed by atoms with Crippen LogP contribution in [0.4, 0.5) is 11.4 Å². The summed E-state index contributed by atoms with van der Waals surface area (Å²) in [6.45, 7) is 7.31. The van der Waals surface area contributed by atoms with Gasteiger partial charge in [0.2, 0.25) is 10.0 Å². The fraction of sp³-hybridized carbons (Fsp3) is 0.381. The Labute approximate surface area is 181 Å². The molecular weight excluding hydrogens is 420 g/mol. The van der Waals surface area contributed by atoms with Crippen LogP contribution in [0.15, 0.2) is 52.5 Å². The van der Waals surface area contributed by atoms with Gasteiger partial charge in [0.05, 0.1) is 30.0 Å². The van der Waals surface area contributed by atoms with Crippen LogP contribution in [0.1, 0.15) is 31.9 Å². The van der Waals surface area contributed by atoms with Gasteiger partial charge < -0.3 is 4.74 Å². The molecule has 1 aliphatic heterocycles. The molecule has 1 N–H and O–H groups in total. The molecule has 31 heavy (non-hydrogen) atoms. The second kappa shape index (κ2) is 9.13. The van der Waals surface area contributed by atoms with Crippen LogP contribution >= 0.6 is 0 Å². The van der Waals surface area contributed by atoms with Crippen molar-refractivity contribution < 1.29 is 18.1 Å². The van der Waals surface area contributed by atoms with Crippen LogP contribution in [0.3, 0.4) is 0 Å². The van der Waals surface area contributed by atoms with Crippen molar-refractivity contribution in [2.24, 2.45) is 5.10 Å². The van der Waals surface area contributed by atoms with E-state index >= 15 is 0 Å². The quantitative estimate of drug-likeness (QED) is 0.413. The first kappa shape index (κ1) is 22.9. The molecule has 1 fully saturated rings. The van der Waals surface area contributed by atoms with Gasteiger partial charge in [0, 0.05) is 25.2 Å². The van der Waals surface area contributed by atoms with Crippen molar-refractivity contribution in [2.75, 3.05) is 31.7 Å². The predicted molar refractivity (Wildman–Crippen MR) is 119 cm³/mol. The fourth-order valence-electron chi connectivity index (χ4n) is 3.10. The Balaban J connectivity index is 1.87.